The normalized spacial score (nSPS) is 23.9. The second-order valence-electron chi connectivity index (χ2n) is 3.89. The number of allylic oxidation sites excluding steroid dienone is 1. The summed E-state index contributed by atoms with van der Waals surface area (Å²) in [6, 6.07) is 0. The molecule has 0 spiro atoms. The van der Waals surface area contributed by atoms with E-state index in [1.54, 1.807) is 5.57 Å². The first-order chi connectivity index (χ1) is 5.27. The molecule has 1 heteroatoms. The molecule has 0 atom stereocenters. The Hall–Kier alpha value is -0.590. The van der Waals surface area contributed by atoms with Crippen LogP contribution >= 0.6 is 0 Å². The molecule has 1 aliphatic carbocycles. The zero-order chi connectivity index (χ0) is 7.84. The highest BCUT2D eigenvalue weighted by molar-refractivity contribution is 5.98. The minimum absolute atomic E-state index is 0.617. The van der Waals surface area contributed by atoms with Crippen LogP contribution in [-0.2, 0) is 0 Å². The summed E-state index contributed by atoms with van der Waals surface area (Å²) in [4.78, 5) is 4.50. The third kappa shape index (κ3) is 1.37. The van der Waals surface area contributed by atoms with Gasteiger partial charge in [-0.2, -0.15) is 0 Å². The summed E-state index contributed by atoms with van der Waals surface area (Å²) < 4.78 is 0. The zero-order valence-electron chi connectivity index (χ0n) is 7.30. The van der Waals surface area contributed by atoms with Gasteiger partial charge >= 0.3 is 0 Å². The van der Waals surface area contributed by atoms with E-state index in [0.29, 0.717) is 5.92 Å². The number of rotatable bonds is 2. The minimum atomic E-state index is 0.617. The number of hydrogen-bond acceptors (Lipinski definition) is 1. The van der Waals surface area contributed by atoms with Crippen molar-refractivity contribution in [2.45, 2.75) is 26.7 Å². The van der Waals surface area contributed by atoms with Crippen LogP contribution < -0.4 is 0 Å². The van der Waals surface area contributed by atoms with E-state index in [-0.39, 0.29) is 0 Å². The Morgan fingerprint density at radius 2 is 2.18 bits per heavy atom. The van der Waals surface area contributed by atoms with Crippen LogP contribution in [0.4, 0.5) is 0 Å². The Balaban J connectivity index is 2.04. The van der Waals surface area contributed by atoms with Gasteiger partial charge < -0.3 is 0 Å². The Labute approximate surface area is 68.2 Å². The highest BCUT2D eigenvalue weighted by Gasteiger charge is 2.28. The molecule has 0 N–H and O–H groups in total. The molecule has 0 aromatic rings. The van der Waals surface area contributed by atoms with Crippen LogP contribution in [-0.4, -0.2) is 12.3 Å². The van der Waals surface area contributed by atoms with Gasteiger partial charge in [-0.05, 0) is 36.3 Å². The molecule has 1 fully saturated rings. The van der Waals surface area contributed by atoms with Gasteiger partial charge in [0.25, 0.3) is 0 Å². The van der Waals surface area contributed by atoms with Crippen molar-refractivity contribution >= 4 is 5.71 Å². The Morgan fingerprint density at radius 3 is 2.64 bits per heavy atom. The molecule has 0 bridgehead atoms. The number of nitrogens with zero attached hydrogens (tertiary/aromatic N) is 1. The van der Waals surface area contributed by atoms with Crippen molar-refractivity contribution in [1.29, 1.82) is 0 Å². The average molecular weight is 149 g/mol. The van der Waals surface area contributed by atoms with E-state index in [1.165, 1.54) is 18.6 Å². The van der Waals surface area contributed by atoms with Crippen molar-refractivity contribution in [2.24, 2.45) is 16.8 Å². The van der Waals surface area contributed by atoms with Crippen molar-refractivity contribution in [3.63, 3.8) is 0 Å². The fourth-order valence-electron chi connectivity index (χ4n) is 1.51. The molecule has 0 aromatic carbocycles. The van der Waals surface area contributed by atoms with Crippen LogP contribution in [0, 0.1) is 11.8 Å². The largest absolute Gasteiger partial charge is 0.285 e. The molecule has 1 nitrogen and oxygen atoms in total. The van der Waals surface area contributed by atoms with E-state index in [1.807, 2.05) is 0 Å². The lowest BCUT2D eigenvalue weighted by Crippen LogP contribution is -2.00. The summed E-state index contributed by atoms with van der Waals surface area (Å²) in [6.45, 7) is 5.43. The number of aliphatic imine (C=N–C) groups is 1. The van der Waals surface area contributed by atoms with Crippen molar-refractivity contribution in [3.05, 3.63) is 11.6 Å². The first kappa shape index (κ1) is 7.08. The zero-order valence-corrected chi connectivity index (χ0v) is 7.30. The Morgan fingerprint density at radius 1 is 1.45 bits per heavy atom. The highest BCUT2D eigenvalue weighted by atomic mass is 14.8. The molecule has 0 amide bonds. The summed E-state index contributed by atoms with van der Waals surface area (Å²) in [5, 5.41) is 0. The minimum Gasteiger partial charge on any atom is -0.285 e. The van der Waals surface area contributed by atoms with Crippen LogP contribution in [0.25, 0.3) is 0 Å². The van der Waals surface area contributed by atoms with Gasteiger partial charge in [0.05, 0.1) is 6.54 Å². The van der Waals surface area contributed by atoms with Crippen LogP contribution in [0.3, 0.4) is 0 Å². The van der Waals surface area contributed by atoms with Gasteiger partial charge in [-0.15, -0.1) is 0 Å². The lowest BCUT2D eigenvalue weighted by molar-refractivity contribution is 0.886. The van der Waals surface area contributed by atoms with E-state index in [9.17, 15) is 0 Å². The first-order valence-electron chi connectivity index (χ1n) is 4.52. The van der Waals surface area contributed by atoms with Crippen molar-refractivity contribution < 1.29 is 0 Å². The quantitative estimate of drug-likeness (QED) is 0.572. The third-order valence-corrected chi connectivity index (χ3v) is 2.47. The lowest BCUT2D eigenvalue weighted by Gasteiger charge is -1.98. The molecule has 0 radical (unpaired) electrons. The van der Waals surface area contributed by atoms with E-state index in [0.717, 1.165) is 12.5 Å². The highest BCUT2D eigenvalue weighted by Crippen LogP contribution is 2.38. The van der Waals surface area contributed by atoms with Crippen LogP contribution in [0.5, 0.6) is 0 Å². The maximum Gasteiger partial charge on any atom is 0.0609 e. The van der Waals surface area contributed by atoms with E-state index in [2.05, 4.69) is 24.9 Å². The Bertz CT molecular complexity index is 219. The lowest BCUT2D eigenvalue weighted by atomic mass is 10.1. The summed E-state index contributed by atoms with van der Waals surface area (Å²) in [5.74, 6) is 1.53. The second kappa shape index (κ2) is 2.47. The summed E-state index contributed by atoms with van der Waals surface area (Å²) in [5.41, 5.74) is 2.90. The van der Waals surface area contributed by atoms with Crippen LogP contribution in [0.2, 0.25) is 0 Å². The molecule has 0 aromatic heterocycles. The molecule has 1 heterocycles. The average Bonchev–Trinajstić information content (AvgIpc) is 2.68. The topological polar surface area (TPSA) is 12.4 Å². The van der Waals surface area contributed by atoms with Crippen molar-refractivity contribution in [1.82, 2.24) is 0 Å². The fourth-order valence-corrected chi connectivity index (χ4v) is 1.51. The molecule has 0 saturated heterocycles. The molecule has 1 aliphatic heterocycles. The molecule has 2 aliphatic rings. The van der Waals surface area contributed by atoms with Gasteiger partial charge in [0.15, 0.2) is 0 Å². The maximum absolute atomic E-state index is 4.50. The van der Waals surface area contributed by atoms with E-state index in [4.69, 9.17) is 0 Å². The summed E-state index contributed by atoms with van der Waals surface area (Å²) >= 11 is 0. The smallest absolute Gasteiger partial charge is 0.0609 e. The van der Waals surface area contributed by atoms with Crippen molar-refractivity contribution in [3.8, 4) is 0 Å². The van der Waals surface area contributed by atoms with Gasteiger partial charge in [-0.1, -0.05) is 13.8 Å². The SMILES string of the molecule is CC(C)C1=NCC(C2CC2)=C1. The van der Waals surface area contributed by atoms with Gasteiger partial charge in [0.1, 0.15) is 0 Å². The molecular formula is C10H15N. The predicted molar refractivity (Wildman–Crippen MR) is 47.9 cm³/mol. The summed E-state index contributed by atoms with van der Waals surface area (Å²) in [7, 11) is 0. The fraction of sp³-hybridized carbons (Fsp3) is 0.700. The van der Waals surface area contributed by atoms with E-state index < -0.39 is 0 Å². The molecule has 60 valence electrons. The second-order valence-corrected chi connectivity index (χ2v) is 3.89. The van der Waals surface area contributed by atoms with Crippen LogP contribution in [0.15, 0.2) is 16.6 Å². The van der Waals surface area contributed by atoms with Gasteiger partial charge in [0.2, 0.25) is 0 Å². The predicted octanol–water partition coefficient (Wildman–Crippen LogP) is 2.43. The van der Waals surface area contributed by atoms with Crippen molar-refractivity contribution in [2.75, 3.05) is 6.54 Å². The number of hydrogen-bond donors (Lipinski definition) is 0. The first-order valence-corrected chi connectivity index (χ1v) is 4.52. The maximum atomic E-state index is 4.50. The van der Waals surface area contributed by atoms with Gasteiger partial charge in [0, 0.05) is 5.71 Å². The third-order valence-electron chi connectivity index (χ3n) is 2.47. The Kier molecular flexibility index (Phi) is 1.59. The molecule has 0 unspecified atom stereocenters. The summed E-state index contributed by atoms with van der Waals surface area (Å²) in [6.07, 6.45) is 5.14. The van der Waals surface area contributed by atoms with Crippen LogP contribution in [0.1, 0.15) is 26.7 Å². The monoisotopic (exact) mass is 149 g/mol. The molecule has 11 heavy (non-hydrogen) atoms. The molecular weight excluding hydrogens is 134 g/mol. The van der Waals surface area contributed by atoms with Gasteiger partial charge in [-0.3, -0.25) is 4.99 Å². The molecule has 1 saturated carbocycles. The van der Waals surface area contributed by atoms with Gasteiger partial charge in [-0.25, -0.2) is 0 Å². The molecule has 2 rings (SSSR count). The standard InChI is InChI=1S/C10H15N/c1-7(2)10-5-9(6-11-10)8-3-4-8/h5,7-8H,3-4,6H2,1-2H3. The van der Waals surface area contributed by atoms with E-state index >= 15 is 0 Å².